The molecule has 0 aromatic heterocycles. The van der Waals surface area contributed by atoms with Crippen LogP contribution in [-0.2, 0) is 9.53 Å². The van der Waals surface area contributed by atoms with Gasteiger partial charge in [0, 0.05) is 10.4 Å². The van der Waals surface area contributed by atoms with Crippen molar-refractivity contribution in [3.8, 4) is 0 Å². The summed E-state index contributed by atoms with van der Waals surface area (Å²) >= 11 is 3.35. The molecule has 3 heteroatoms. The highest BCUT2D eigenvalue weighted by Gasteiger charge is 2.16. The highest BCUT2D eigenvalue weighted by Crippen LogP contribution is 2.26. The third-order valence-electron chi connectivity index (χ3n) is 1.98. The lowest BCUT2D eigenvalue weighted by Crippen LogP contribution is -2.12. The van der Waals surface area contributed by atoms with Gasteiger partial charge in [-0.15, -0.1) is 0 Å². The van der Waals surface area contributed by atoms with Crippen LogP contribution in [0, 0.1) is 5.92 Å². The fourth-order valence-corrected chi connectivity index (χ4v) is 1.71. The van der Waals surface area contributed by atoms with Gasteiger partial charge in [-0.2, -0.15) is 0 Å². The summed E-state index contributed by atoms with van der Waals surface area (Å²) in [4.78, 5) is 11.2. The molecule has 0 radical (unpaired) electrons. The van der Waals surface area contributed by atoms with Gasteiger partial charge in [0.2, 0.25) is 0 Å². The topological polar surface area (TPSA) is 26.3 Å². The summed E-state index contributed by atoms with van der Waals surface area (Å²) in [5, 5.41) is 0. The van der Waals surface area contributed by atoms with E-state index in [1.165, 1.54) is 0 Å². The summed E-state index contributed by atoms with van der Waals surface area (Å²) < 4.78 is 5.86. The van der Waals surface area contributed by atoms with Crippen LogP contribution in [0.25, 0.3) is 0 Å². The average Bonchev–Trinajstić information content (AvgIpc) is 2.10. The summed E-state index contributed by atoms with van der Waals surface area (Å²) in [6.45, 7) is 6.13. The second-order valence-corrected chi connectivity index (χ2v) is 3.99. The molecule has 2 nitrogen and oxygen atoms in total. The van der Waals surface area contributed by atoms with Gasteiger partial charge in [0.05, 0.1) is 13.0 Å². The lowest BCUT2D eigenvalue weighted by atomic mass is 9.93. The van der Waals surface area contributed by atoms with Crippen LogP contribution in [0.3, 0.4) is 0 Å². The molecule has 1 aliphatic carbocycles. The first-order valence-electron chi connectivity index (χ1n) is 4.53. The first-order valence-corrected chi connectivity index (χ1v) is 5.32. The van der Waals surface area contributed by atoms with Crippen molar-refractivity contribution in [2.24, 2.45) is 5.92 Å². The standard InChI is InChI=1S/C11H13BrO2/c1-3-14-11(13)7-9-4-5-10(12)6-8(9)2/h4-6,9H,2-3,7H2,1H3. The van der Waals surface area contributed by atoms with Crippen LogP contribution < -0.4 is 0 Å². The van der Waals surface area contributed by atoms with Gasteiger partial charge in [0.15, 0.2) is 0 Å². The summed E-state index contributed by atoms with van der Waals surface area (Å²) in [6.07, 6.45) is 6.19. The van der Waals surface area contributed by atoms with Crippen LogP contribution in [0.5, 0.6) is 0 Å². The molecule has 0 fully saturated rings. The Balaban J connectivity index is 2.52. The maximum absolute atomic E-state index is 11.2. The summed E-state index contributed by atoms with van der Waals surface area (Å²) in [5.74, 6) is -0.0925. The third kappa shape index (κ3) is 3.14. The fourth-order valence-electron chi connectivity index (χ4n) is 1.26. The van der Waals surface area contributed by atoms with E-state index in [9.17, 15) is 4.79 Å². The maximum atomic E-state index is 11.2. The number of halogens is 1. The van der Waals surface area contributed by atoms with Gasteiger partial charge < -0.3 is 4.74 Å². The number of allylic oxidation sites excluding steroid dienone is 5. The summed E-state index contributed by atoms with van der Waals surface area (Å²) in [7, 11) is 0. The second-order valence-electron chi connectivity index (χ2n) is 3.08. The Morgan fingerprint density at radius 2 is 2.43 bits per heavy atom. The molecular weight excluding hydrogens is 244 g/mol. The van der Waals surface area contributed by atoms with E-state index >= 15 is 0 Å². The SMILES string of the molecule is C=C1C=C(Br)C=CC1CC(=O)OCC. The predicted octanol–water partition coefficient (Wildman–Crippen LogP) is 2.96. The van der Waals surface area contributed by atoms with Crippen molar-refractivity contribution >= 4 is 21.9 Å². The molecule has 0 bridgehead atoms. The van der Waals surface area contributed by atoms with Crippen LogP contribution in [0.1, 0.15) is 13.3 Å². The highest BCUT2D eigenvalue weighted by atomic mass is 79.9. The van der Waals surface area contributed by atoms with Crippen molar-refractivity contribution in [2.45, 2.75) is 13.3 Å². The fraction of sp³-hybridized carbons (Fsp3) is 0.364. The van der Waals surface area contributed by atoms with E-state index < -0.39 is 0 Å². The van der Waals surface area contributed by atoms with Crippen molar-refractivity contribution in [1.82, 2.24) is 0 Å². The van der Waals surface area contributed by atoms with E-state index in [4.69, 9.17) is 4.74 Å². The largest absolute Gasteiger partial charge is 0.466 e. The number of hydrogen-bond donors (Lipinski definition) is 0. The van der Waals surface area contributed by atoms with E-state index in [1.54, 1.807) is 6.92 Å². The molecule has 1 unspecified atom stereocenters. The van der Waals surface area contributed by atoms with E-state index in [0.717, 1.165) is 10.1 Å². The second kappa shape index (κ2) is 5.15. The Hall–Kier alpha value is -0.830. The average molecular weight is 257 g/mol. The Bertz CT molecular complexity index is 302. The van der Waals surface area contributed by atoms with Crippen LogP contribution in [0.15, 0.2) is 34.9 Å². The number of hydrogen-bond acceptors (Lipinski definition) is 2. The minimum atomic E-state index is -0.172. The molecule has 0 aromatic rings. The Morgan fingerprint density at radius 1 is 1.71 bits per heavy atom. The number of esters is 1. The van der Waals surface area contributed by atoms with Crippen LogP contribution in [-0.4, -0.2) is 12.6 Å². The molecule has 1 rings (SSSR count). The van der Waals surface area contributed by atoms with Crippen molar-refractivity contribution in [2.75, 3.05) is 6.61 Å². The molecule has 76 valence electrons. The number of rotatable bonds is 3. The molecule has 1 atom stereocenters. The highest BCUT2D eigenvalue weighted by molar-refractivity contribution is 9.11. The molecule has 0 N–H and O–H groups in total. The first kappa shape index (κ1) is 11.2. The molecule has 0 heterocycles. The zero-order valence-electron chi connectivity index (χ0n) is 8.13. The predicted molar refractivity (Wildman–Crippen MR) is 60.0 cm³/mol. The van der Waals surface area contributed by atoms with Crippen LogP contribution in [0.2, 0.25) is 0 Å². The number of carbonyl (C=O) groups excluding carboxylic acids is 1. The maximum Gasteiger partial charge on any atom is 0.306 e. The molecule has 0 spiro atoms. The van der Waals surface area contributed by atoms with Gasteiger partial charge in [-0.1, -0.05) is 34.7 Å². The minimum Gasteiger partial charge on any atom is -0.466 e. The molecule has 0 amide bonds. The normalized spacial score (nSPS) is 20.6. The lowest BCUT2D eigenvalue weighted by Gasteiger charge is -2.15. The van der Waals surface area contributed by atoms with E-state index in [2.05, 4.69) is 22.5 Å². The zero-order chi connectivity index (χ0) is 10.6. The molecule has 0 saturated heterocycles. The molecule has 1 aliphatic rings. The van der Waals surface area contributed by atoms with Crippen molar-refractivity contribution < 1.29 is 9.53 Å². The number of ether oxygens (including phenoxy) is 1. The Labute approximate surface area is 92.5 Å². The van der Waals surface area contributed by atoms with E-state index in [0.29, 0.717) is 13.0 Å². The van der Waals surface area contributed by atoms with Crippen molar-refractivity contribution in [1.29, 1.82) is 0 Å². The third-order valence-corrected chi connectivity index (χ3v) is 2.47. The summed E-state index contributed by atoms with van der Waals surface area (Å²) in [5.41, 5.74) is 0.937. The Kier molecular flexibility index (Phi) is 4.14. The van der Waals surface area contributed by atoms with E-state index in [-0.39, 0.29) is 11.9 Å². The smallest absolute Gasteiger partial charge is 0.306 e. The quantitative estimate of drug-likeness (QED) is 0.726. The molecule has 0 aromatic carbocycles. The van der Waals surface area contributed by atoms with Gasteiger partial charge in [-0.3, -0.25) is 4.79 Å². The van der Waals surface area contributed by atoms with Gasteiger partial charge in [0.25, 0.3) is 0 Å². The van der Waals surface area contributed by atoms with Gasteiger partial charge in [0.1, 0.15) is 0 Å². The van der Waals surface area contributed by atoms with E-state index in [1.807, 2.05) is 18.2 Å². The number of carbonyl (C=O) groups is 1. The molecule has 0 saturated carbocycles. The van der Waals surface area contributed by atoms with Crippen molar-refractivity contribution in [3.05, 3.63) is 34.9 Å². The van der Waals surface area contributed by atoms with Gasteiger partial charge >= 0.3 is 5.97 Å². The van der Waals surface area contributed by atoms with Crippen LogP contribution >= 0.6 is 15.9 Å². The Morgan fingerprint density at radius 3 is 3.00 bits per heavy atom. The zero-order valence-corrected chi connectivity index (χ0v) is 9.71. The minimum absolute atomic E-state index is 0.0790. The van der Waals surface area contributed by atoms with Crippen LogP contribution in [0.4, 0.5) is 0 Å². The molecular formula is C11H13BrO2. The molecule has 14 heavy (non-hydrogen) atoms. The monoisotopic (exact) mass is 256 g/mol. The van der Waals surface area contributed by atoms with Gasteiger partial charge in [-0.05, 0) is 18.6 Å². The first-order chi connectivity index (χ1) is 6.63. The van der Waals surface area contributed by atoms with Crippen molar-refractivity contribution in [3.63, 3.8) is 0 Å². The summed E-state index contributed by atoms with van der Waals surface area (Å²) in [6, 6.07) is 0. The van der Waals surface area contributed by atoms with Gasteiger partial charge in [-0.25, -0.2) is 0 Å². The lowest BCUT2D eigenvalue weighted by molar-refractivity contribution is -0.143. The molecule has 0 aliphatic heterocycles.